The Bertz CT molecular complexity index is 574. The minimum absolute atomic E-state index is 0.0929. The molecular formula is C11H18N2O5S. The van der Waals surface area contributed by atoms with Gasteiger partial charge in [-0.25, -0.2) is 17.9 Å². The molecule has 1 heterocycles. The lowest BCUT2D eigenvalue weighted by atomic mass is 10.1. The first kappa shape index (κ1) is 15.7. The molecule has 0 saturated heterocycles. The van der Waals surface area contributed by atoms with E-state index >= 15 is 0 Å². The summed E-state index contributed by atoms with van der Waals surface area (Å²) in [7, 11) is -3.87. The van der Waals surface area contributed by atoms with Gasteiger partial charge in [0.15, 0.2) is 0 Å². The van der Waals surface area contributed by atoms with E-state index in [1.807, 2.05) is 0 Å². The number of nitrogens with zero attached hydrogens (tertiary/aromatic N) is 1. The monoisotopic (exact) mass is 290 g/mol. The second-order valence-corrected chi connectivity index (χ2v) is 6.48. The fraction of sp³-hybridized carbons (Fsp3) is 0.545. The first-order valence-corrected chi connectivity index (χ1v) is 7.19. The standard InChI is InChI=1S/C11H18N2O5S/c1-4-13-6-8(5-9(13)10(15)16)19(17,18)12-11(2,3)7-14/h5-6,12,14H,4,7H2,1-3H3,(H,15,16). The topological polar surface area (TPSA) is 109 Å². The summed E-state index contributed by atoms with van der Waals surface area (Å²) >= 11 is 0. The van der Waals surface area contributed by atoms with Gasteiger partial charge in [-0.2, -0.15) is 0 Å². The normalized spacial score (nSPS) is 12.6. The van der Waals surface area contributed by atoms with Gasteiger partial charge < -0.3 is 14.8 Å². The summed E-state index contributed by atoms with van der Waals surface area (Å²) in [5.41, 5.74) is -1.11. The van der Waals surface area contributed by atoms with E-state index in [4.69, 9.17) is 10.2 Å². The fourth-order valence-electron chi connectivity index (χ4n) is 1.53. The molecule has 3 N–H and O–H groups in total. The number of carbonyl (C=O) groups is 1. The van der Waals surface area contributed by atoms with Crippen molar-refractivity contribution >= 4 is 16.0 Å². The van der Waals surface area contributed by atoms with E-state index in [0.717, 1.165) is 6.07 Å². The molecule has 19 heavy (non-hydrogen) atoms. The van der Waals surface area contributed by atoms with Crippen molar-refractivity contribution in [2.45, 2.75) is 37.8 Å². The predicted octanol–water partition coefficient (Wildman–Crippen LogP) is 0.255. The van der Waals surface area contributed by atoms with Crippen LogP contribution in [0.25, 0.3) is 0 Å². The smallest absolute Gasteiger partial charge is 0.352 e. The molecule has 7 nitrogen and oxygen atoms in total. The number of carboxylic acids is 1. The zero-order chi connectivity index (χ0) is 14.8. The molecule has 0 atom stereocenters. The van der Waals surface area contributed by atoms with Crippen LogP contribution in [0.3, 0.4) is 0 Å². The Morgan fingerprint density at radius 3 is 2.42 bits per heavy atom. The summed E-state index contributed by atoms with van der Waals surface area (Å²) in [6.07, 6.45) is 1.26. The summed E-state index contributed by atoms with van der Waals surface area (Å²) in [5.74, 6) is -1.19. The SMILES string of the molecule is CCn1cc(S(=O)(=O)NC(C)(C)CO)cc1C(=O)O. The quantitative estimate of drug-likeness (QED) is 0.696. The molecule has 0 saturated carbocycles. The predicted molar refractivity (Wildman–Crippen MR) is 68.6 cm³/mol. The number of aryl methyl sites for hydroxylation is 1. The molecule has 8 heteroatoms. The van der Waals surface area contributed by atoms with E-state index in [-0.39, 0.29) is 17.2 Å². The highest BCUT2D eigenvalue weighted by Crippen LogP contribution is 2.17. The van der Waals surface area contributed by atoms with E-state index in [2.05, 4.69) is 4.72 Å². The number of aromatic nitrogens is 1. The van der Waals surface area contributed by atoms with Crippen molar-refractivity contribution in [1.29, 1.82) is 0 Å². The zero-order valence-corrected chi connectivity index (χ0v) is 11.9. The number of rotatable bonds is 6. The maximum atomic E-state index is 12.1. The van der Waals surface area contributed by atoms with Crippen LogP contribution in [0.4, 0.5) is 0 Å². The van der Waals surface area contributed by atoms with Gasteiger partial charge in [-0.1, -0.05) is 0 Å². The van der Waals surface area contributed by atoms with Crippen LogP contribution >= 0.6 is 0 Å². The van der Waals surface area contributed by atoms with Crippen molar-refractivity contribution in [3.05, 3.63) is 18.0 Å². The van der Waals surface area contributed by atoms with Gasteiger partial charge in [-0.3, -0.25) is 0 Å². The van der Waals surface area contributed by atoms with Gasteiger partial charge in [-0.05, 0) is 26.8 Å². The zero-order valence-electron chi connectivity index (χ0n) is 11.0. The van der Waals surface area contributed by atoms with Crippen molar-refractivity contribution in [1.82, 2.24) is 9.29 Å². The average Bonchev–Trinajstić information content (AvgIpc) is 2.72. The van der Waals surface area contributed by atoms with Gasteiger partial charge in [0.2, 0.25) is 10.0 Å². The molecule has 0 bridgehead atoms. The lowest BCUT2D eigenvalue weighted by Gasteiger charge is -2.22. The number of nitrogens with one attached hydrogen (secondary N) is 1. The fourth-order valence-corrected chi connectivity index (χ4v) is 2.97. The van der Waals surface area contributed by atoms with Gasteiger partial charge >= 0.3 is 5.97 Å². The Morgan fingerprint density at radius 2 is 2.05 bits per heavy atom. The number of aromatic carboxylic acids is 1. The van der Waals surface area contributed by atoms with Crippen LogP contribution in [0.2, 0.25) is 0 Å². The van der Waals surface area contributed by atoms with E-state index in [1.54, 1.807) is 6.92 Å². The maximum absolute atomic E-state index is 12.1. The van der Waals surface area contributed by atoms with Gasteiger partial charge in [-0.15, -0.1) is 0 Å². The van der Waals surface area contributed by atoms with E-state index in [0.29, 0.717) is 6.54 Å². The van der Waals surface area contributed by atoms with Crippen LogP contribution in [0.1, 0.15) is 31.3 Å². The number of carboxylic acid groups (broad SMARTS) is 1. The largest absolute Gasteiger partial charge is 0.477 e. The van der Waals surface area contributed by atoms with Crippen molar-refractivity contribution in [2.75, 3.05) is 6.61 Å². The van der Waals surface area contributed by atoms with Crippen LogP contribution in [-0.4, -0.2) is 41.3 Å². The molecule has 0 aliphatic heterocycles. The summed E-state index contributed by atoms with van der Waals surface area (Å²) in [6.45, 7) is 4.75. The van der Waals surface area contributed by atoms with Crippen LogP contribution in [0, 0.1) is 0 Å². The molecule has 108 valence electrons. The first-order valence-electron chi connectivity index (χ1n) is 5.71. The van der Waals surface area contributed by atoms with Crippen LogP contribution in [-0.2, 0) is 16.6 Å². The summed E-state index contributed by atoms with van der Waals surface area (Å²) in [4.78, 5) is 10.9. The molecule has 1 rings (SSSR count). The summed E-state index contributed by atoms with van der Waals surface area (Å²) in [6, 6.07) is 1.10. The van der Waals surface area contributed by atoms with Crippen molar-refractivity contribution in [3.63, 3.8) is 0 Å². The molecular weight excluding hydrogens is 272 g/mol. The number of sulfonamides is 1. The molecule has 0 spiro atoms. The Labute approximate surface area is 111 Å². The minimum atomic E-state index is -3.87. The number of hydrogen-bond donors (Lipinski definition) is 3. The van der Waals surface area contributed by atoms with E-state index in [9.17, 15) is 13.2 Å². The molecule has 0 aromatic carbocycles. The van der Waals surface area contributed by atoms with Gasteiger partial charge in [0, 0.05) is 12.7 Å². The Hall–Kier alpha value is -1.38. The molecule has 0 unspecified atom stereocenters. The number of aliphatic hydroxyl groups excluding tert-OH is 1. The summed E-state index contributed by atoms with van der Waals surface area (Å²) in [5, 5.41) is 18.1. The van der Waals surface area contributed by atoms with Crippen molar-refractivity contribution < 1.29 is 23.4 Å². The lowest BCUT2D eigenvalue weighted by Crippen LogP contribution is -2.46. The Kier molecular flexibility index (Phi) is 4.39. The number of hydrogen-bond acceptors (Lipinski definition) is 4. The second kappa shape index (κ2) is 5.32. The average molecular weight is 290 g/mol. The Morgan fingerprint density at radius 1 is 1.47 bits per heavy atom. The van der Waals surface area contributed by atoms with Crippen LogP contribution in [0.5, 0.6) is 0 Å². The molecule has 0 aliphatic carbocycles. The summed E-state index contributed by atoms with van der Waals surface area (Å²) < 4.78 is 27.8. The third kappa shape index (κ3) is 3.55. The molecule has 0 fully saturated rings. The highest BCUT2D eigenvalue weighted by molar-refractivity contribution is 7.89. The lowest BCUT2D eigenvalue weighted by molar-refractivity contribution is 0.0685. The van der Waals surface area contributed by atoms with E-state index in [1.165, 1.54) is 24.6 Å². The molecule has 1 aromatic heterocycles. The minimum Gasteiger partial charge on any atom is -0.477 e. The Balaban J connectivity index is 3.20. The van der Waals surface area contributed by atoms with E-state index < -0.39 is 21.5 Å². The third-order valence-electron chi connectivity index (χ3n) is 2.55. The van der Waals surface area contributed by atoms with Gasteiger partial charge in [0.1, 0.15) is 10.6 Å². The van der Waals surface area contributed by atoms with Crippen molar-refractivity contribution in [3.8, 4) is 0 Å². The second-order valence-electron chi connectivity index (χ2n) is 4.80. The van der Waals surface area contributed by atoms with Gasteiger partial charge in [0.25, 0.3) is 0 Å². The number of aliphatic hydroxyl groups is 1. The highest BCUT2D eigenvalue weighted by atomic mass is 32.2. The third-order valence-corrected chi connectivity index (χ3v) is 4.21. The molecule has 1 aromatic rings. The molecule has 0 radical (unpaired) electrons. The highest BCUT2D eigenvalue weighted by Gasteiger charge is 2.27. The van der Waals surface area contributed by atoms with Crippen LogP contribution in [0.15, 0.2) is 17.2 Å². The molecule has 0 aliphatic rings. The first-order chi connectivity index (χ1) is 8.63. The van der Waals surface area contributed by atoms with Gasteiger partial charge in [0.05, 0.1) is 12.1 Å². The van der Waals surface area contributed by atoms with Crippen molar-refractivity contribution in [2.24, 2.45) is 0 Å². The maximum Gasteiger partial charge on any atom is 0.352 e. The molecule has 0 amide bonds. The van der Waals surface area contributed by atoms with Crippen LogP contribution < -0.4 is 4.72 Å².